The highest BCUT2D eigenvalue weighted by molar-refractivity contribution is 5.79. The summed E-state index contributed by atoms with van der Waals surface area (Å²) < 4.78 is 28.4. The summed E-state index contributed by atoms with van der Waals surface area (Å²) >= 11 is 0. The van der Waals surface area contributed by atoms with Crippen molar-refractivity contribution in [3.8, 4) is 0 Å². The van der Waals surface area contributed by atoms with Gasteiger partial charge in [-0.1, -0.05) is 12.1 Å². The third-order valence-corrected chi connectivity index (χ3v) is 6.51. The highest BCUT2D eigenvalue weighted by Crippen LogP contribution is 2.47. The molecule has 2 bridgehead atoms. The number of nitrogens with zero attached hydrogens (tertiary/aromatic N) is 2. The van der Waals surface area contributed by atoms with Crippen molar-refractivity contribution in [1.82, 2.24) is 9.80 Å². The van der Waals surface area contributed by atoms with Crippen molar-refractivity contribution in [2.45, 2.75) is 50.1 Å². The molecule has 5 nitrogen and oxygen atoms in total. The number of nitrogens with two attached hydrogens (primary N) is 1. The molecule has 0 spiro atoms. The molecule has 27 heavy (non-hydrogen) atoms. The Morgan fingerprint density at radius 2 is 1.85 bits per heavy atom. The van der Waals surface area contributed by atoms with Crippen LogP contribution in [0.5, 0.6) is 0 Å². The lowest BCUT2D eigenvalue weighted by atomic mass is 9.75. The van der Waals surface area contributed by atoms with Gasteiger partial charge in [-0.25, -0.2) is 8.78 Å². The molecule has 0 radical (unpaired) electrons. The molecule has 4 fully saturated rings. The van der Waals surface area contributed by atoms with Crippen LogP contribution in [0.4, 0.5) is 8.78 Å². The van der Waals surface area contributed by atoms with Crippen molar-refractivity contribution < 1.29 is 18.4 Å². The van der Waals surface area contributed by atoms with Crippen LogP contribution in [0.3, 0.4) is 0 Å². The molecule has 4 heterocycles. The maximum absolute atomic E-state index is 14.5. The van der Waals surface area contributed by atoms with Gasteiger partial charge in [0.1, 0.15) is 0 Å². The molecule has 5 rings (SSSR count). The first kappa shape index (κ1) is 18.3. The smallest absolute Gasteiger partial charge is 0.222 e. The quantitative estimate of drug-likeness (QED) is 0.854. The zero-order chi connectivity index (χ0) is 19.1. The van der Waals surface area contributed by atoms with Gasteiger partial charge in [0.2, 0.25) is 11.8 Å². The lowest BCUT2D eigenvalue weighted by Gasteiger charge is -2.51. The maximum Gasteiger partial charge on any atom is 0.222 e. The largest absolute Gasteiger partial charge is 0.370 e. The molecule has 0 saturated carbocycles. The minimum atomic E-state index is -0.841. The highest BCUT2D eigenvalue weighted by atomic mass is 19.2. The van der Waals surface area contributed by atoms with Gasteiger partial charge in [-0.3, -0.25) is 14.5 Å². The molecule has 1 aromatic carbocycles. The second-order valence-electron chi connectivity index (χ2n) is 7.97. The van der Waals surface area contributed by atoms with Gasteiger partial charge in [-0.05, 0) is 49.9 Å². The van der Waals surface area contributed by atoms with Crippen molar-refractivity contribution >= 4 is 11.8 Å². The van der Waals surface area contributed by atoms with Gasteiger partial charge in [0.15, 0.2) is 11.6 Å². The topological polar surface area (TPSA) is 66.6 Å². The van der Waals surface area contributed by atoms with Gasteiger partial charge < -0.3 is 10.6 Å². The van der Waals surface area contributed by atoms with Crippen molar-refractivity contribution in [1.29, 1.82) is 0 Å². The third kappa shape index (κ3) is 3.22. The van der Waals surface area contributed by atoms with Gasteiger partial charge in [0, 0.05) is 31.3 Å². The minimum absolute atomic E-state index is 0.0145. The fourth-order valence-corrected chi connectivity index (χ4v) is 5.34. The lowest BCUT2D eigenvalue weighted by molar-refractivity contribution is -0.136. The lowest BCUT2D eigenvalue weighted by Crippen LogP contribution is -2.60. The first-order valence-corrected chi connectivity index (χ1v) is 9.73. The van der Waals surface area contributed by atoms with E-state index in [0.717, 1.165) is 32.0 Å². The van der Waals surface area contributed by atoms with E-state index in [2.05, 4.69) is 4.90 Å². The second kappa shape index (κ2) is 7.19. The molecule has 4 aliphatic rings. The van der Waals surface area contributed by atoms with E-state index in [0.29, 0.717) is 24.4 Å². The number of hydrogen-bond acceptors (Lipinski definition) is 3. The predicted octanol–water partition coefficient (Wildman–Crippen LogP) is 2.01. The van der Waals surface area contributed by atoms with E-state index in [1.54, 1.807) is 6.07 Å². The van der Waals surface area contributed by atoms with E-state index < -0.39 is 17.5 Å². The molecule has 0 unspecified atom stereocenters. The van der Waals surface area contributed by atoms with E-state index in [9.17, 15) is 18.4 Å². The SMILES string of the molecule is NC(=O)CCCC(=O)N1C[C@@H](c2cccc(F)c2F)[C@@H]2[C@H]1C1CCN2CC1. The van der Waals surface area contributed by atoms with Gasteiger partial charge in [0.05, 0.1) is 6.04 Å². The Morgan fingerprint density at radius 3 is 2.56 bits per heavy atom. The second-order valence-corrected chi connectivity index (χ2v) is 7.97. The number of amides is 2. The van der Waals surface area contributed by atoms with Crippen LogP contribution in [0.2, 0.25) is 0 Å². The summed E-state index contributed by atoms with van der Waals surface area (Å²) in [5.74, 6) is -1.89. The minimum Gasteiger partial charge on any atom is -0.370 e. The third-order valence-electron chi connectivity index (χ3n) is 6.51. The summed E-state index contributed by atoms with van der Waals surface area (Å²) in [6.07, 6.45) is 2.94. The summed E-state index contributed by atoms with van der Waals surface area (Å²) in [6.45, 7) is 2.30. The Hall–Kier alpha value is -2.02. The summed E-state index contributed by atoms with van der Waals surface area (Å²) in [4.78, 5) is 28.0. The summed E-state index contributed by atoms with van der Waals surface area (Å²) in [6, 6.07) is 4.39. The average Bonchev–Trinajstić information content (AvgIpc) is 3.07. The molecule has 4 aliphatic heterocycles. The van der Waals surface area contributed by atoms with Crippen LogP contribution in [0.15, 0.2) is 18.2 Å². The van der Waals surface area contributed by atoms with Gasteiger partial charge in [0.25, 0.3) is 0 Å². The Bertz CT molecular complexity index is 749. The molecule has 0 aromatic heterocycles. The van der Waals surface area contributed by atoms with E-state index in [1.807, 2.05) is 4.90 Å². The summed E-state index contributed by atoms with van der Waals surface area (Å²) in [7, 11) is 0. The molecule has 0 aliphatic carbocycles. The van der Waals surface area contributed by atoms with E-state index in [4.69, 9.17) is 5.73 Å². The molecule has 146 valence electrons. The zero-order valence-electron chi connectivity index (χ0n) is 15.2. The Morgan fingerprint density at radius 1 is 1.11 bits per heavy atom. The van der Waals surface area contributed by atoms with E-state index in [-0.39, 0.29) is 36.8 Å². The molecular weight excluding hydrogens is 352 g/mol. The molecule has 1 aromatic rings. The van der Waals surface area contributed by atoms with E-state index in [1.165, 1.54) is 6.07 Å². The number of carbonyl (C=O) groups excluding carboxylic acids is 2. The monoisotopic (exact) mass is 377 g/mol. The molecule has 2 N–H and O–H groups in total. The maximum atomic E-state index is 14.5. The number of rotatable bonds is 5. The van der Waals surface area contributed by atoms with Gasteiger partial charge in [-0.2, -0.15) is 0 Å². The average molecular weight is 377 g/mol. The van der Waals surface area contributed by atoms with Crippen molar-refractivity contribution in [2.24, 2.45) is 11.7 Å². The number of likely N-dealkylation sites (tertiary alicyclic amines) is 1. The van der Waals surface area contributed by atoms with Gasteiger partial charge in [-0.15, -0.1) is 0 Å². The molecule has 7 heteroatoms. The Labute approximate surface area is 157 Å². The van der Waals surface area contributed by atoms with Crippen LogP contribution in [0.25, 0.3) is 0 Å². The van der Waals surface area contributed by atoms with E-state index >= 15 is 0 Å². The van der Waals surface area contributed by atoms with Crippen molar-refractivity contribution in [2.75, 3.05) is 19.6 Å². The fourth-order valence-electron chi connectivity index (χ4n) is 5.34. The number of piperidine rings is 3. The molecule has 4 saturated heterocycles. The molecule has 2 amide bonds. The normalized spacial score (nSPS) is 31.8. The number of fused-ring (bicyclic) bond motifs is 2. The van der Waals surface area contributed by atoms with Crippen LogP contribution in [-0.4, -0.2) is 53.3 Å². The van der Waals surface area contributed by atoms with Crippen LogP contribution in [0, 0.1) is 17.6 Å². The number of hydrogen-bond donors (Lipinski definition) is 1. The summed E-state index contributed by atoms with van der Waals surface area (Å²) in [5, 5.41) is 0. The predicted molar refractivity (Wildman–Crippen MR) is 95.7 cm³/mol. The van der Waals surface area contributed by atoms with Crippen molar-refractivity contribution in [3.05, 3.63) is 35.4 Å². The fraction of sp³-hybridized carbons (Fsp3) is 0.600. The molecule has 3 atom stereocenters. The Kier molecular flexibility index (Phi) is 4.88. The zero-order valence-corrected chi connectivity index (χ0v) is 15.2. The van der Waals surface area contributed by atoms with Gasteiger partial charge >= 0.3 is 0 Å². The molecular formula is C20H25F2N3O2. The number of halogens is 2. The highest BCUT2D eigenvalue weighted by Gasteiger charge is 2.54. The number of carbonyl (C=O) groups is 2. The summed E-state index contributed by atoms with van der Waals surface area (Å²) in [5.41, 5.74) is 5.53. The number of primary amides is 1. The van der Waals surface area contributed by atoms with Crippen LogP contribution < -0.4 is 5.73 Å². The Balaban J connectivity index is 1.61. The van der Waals surface area contributed by atoms with Crippen LogP contribution in [0.1, 0.15) is 43.6 Å². The first-order valence-electron chi connectivity index (χ1n) is 9.73. The number of benzene rings is 1. The van der Waals surface area contributed by atoms with Crippen LogP contribution in [-0.2, 0) is 9.59 Å². The standard InChI is InChI=1S/C20H25F2N3O2/c21-15-4-1-3-13(18(15)22)14-11-25(17(27)6-2-5-16(23)26)19-12-7-9-24(10-8-12)20(14)19/h1,3-4,12,14,19-20H,2,5-11H2,(H2,23,26)/t14-,19+,20+/m0/s1. The van der Waals surface area contributed by atoms with Crippen molar-refractivity contribution in [3.63, 3.8) is 0 Å². The van der Waals surface area contributed by atoms with Crippen LogP contribution >= 0.6 is 0 Å². The first-order chi connectivity index (χ1) is 13.0.